The van der Waals surface area contributed by atoms with Crippen LogP contribution in [-0.4, -0.2) is 20.2 Å². The van der Waals surface area contributed by atoms with Gasteiger partial charge in [0, 0.05) is 19.2 Å². The maximum atomic E-state index is 14.0. The summed E-state index contributed by atoms with van der Waals surface area (Å²) in [6.45, 7) is 3.34. The lowest BCUT2D eigenvalue weighted by molar-refractivity contribution is 0.000282. The van der Waals surface area contributed by atoms with Crippen molar-refractivity contribution in [2.24, 2.45) is 0 Å². The molecule has 1 fully saturated rings. The van der Waals surface area contributed by atoms with E-state index in [0.29, 0.717) is 17.7 Å². The van der Waals surface area contributed by atoms with Crippen LogP contribution in [0.1, 0.15) is 17.5 Å². The van der Waals surface area contributed by atoms with Crippen molar-refractivity contribution in [3.05, 3.63) is 35.1 Å². The molecule has 2 nitrogen and oxygen atoms in total. The van der Waals surface area contributed by atoms with Gasteiger partial charge in [-0.05, 0) is 25.5 Å². The molecule has 1 saturated heterocycles. The maximum absolute atomic E-state index is 14.0. The first-order valence-corrected chi connectivity index (χ1v) is 5.21. The minimum Gasteiger partial charge on any atom is -0.372 e. The largest absolute Gasteiger partial charge is 0.372 e. The molecule has 82 valence electrons. The maximum Gasteiger partial charge on any atom is 0.132 e. The fourth-order valence-electron chi connectivity index (χ4n) is 2.18. The Kier molecular flexibility index (Phi) is 2.76. The van der Waals surface area contributed by atoms with Crippen molar-refractivity contribution in [1.29, 1.82) is 0 Å². The summed E-state index contributed by atoms with van der Waals surface area (Å²) in [5.41, 5.74) is 0.877. The van der Waals surface area contributed by atoms with E-state index in [1.807, 2.05) is 12.1 Å². The van der Waals surface area contributed by atoms with Gasteiger partial charge in [0.2, 0.25) is 0 Å². The van der Waals surface area contributed by atoms with Crippen LogP contribution in [0.3, 0.4) is 0 Å². The molecule has 1 aromatic rings. The van der Waals surface area contributed by atoms with Crippen LogP contribution in [0.4, 0.5) is 4.39 Å². The topological polar surface area (TPSA) is 21.3 Å². The smallest absolute Gasteiger partial charge is 0.132 e. The molecule has 3 heteroatoms. The van der Waals surface area contributed by atoms with E-state index in [1.165, 1.54) is 0 Å². The van der Waals surface area contributed by atoms with Crippen molar-refractivity contribution in [2.75, 3.05) is 20.2 Å². The lowest BCUT2D eigenvalue weighted by atomic mass is 9.91. The van der Waals surface area contributed by atoms with Gasteiger partial charge in [-0.15, -0.1) is 0 Å². The summed E-state index contributed by atoms with van der Waals surface area (Å²) in [6, 6.07) is 5.48. The number of halogens is 1. The van der Waals surface area contributed by atoms with Crippen LogP contribution >= 0.6 is 0 Å². The highest BCUT2D eigenvalue weighted by atomic mass is 19.1. The molecule has 0 unspecified atom stereocenters. The molecule has 0 spiro atoms. The van der Waals surface area contributed by atoms with Crippen LogP contribution in [-0.2, 0) is 10.3 Å². The van der Waals surface area contributed by atoms with Crippen LogP contribution in [0, 0.1) is 12.7 Å². The molecular formula is C12H16FNO. The third-order valence-electron chi connectivity index (χ3n) is 3.19. The Bertz CT molecular complexity index is 359. The monoisotopic (exact) mass is 209 g/mol. The summed E-state index contributed by atoms with van der Waals surface area (Å²) in [6.07, 6.45) is 0.823. The highest BCUT2D eigenvalue weighted by molar-refractivity contribution is 5.31. The first-order valence-electron chi connectivity index (χ1n) is 5.21. The number of rotatable bonds is 2. The molecule has 0 radical (unpaired) electrons. The molecule has 0 bridgehead atoms. The van der Waals surface area contributed by atoms with Gasteiger partial charge >= 0.3 is 0 Å². The van der Waals surface area contributed by atoms with Crippen LogP contribution < -0.4 is 5.32 Å². The quantitative estimate of drug-likeness (QED) is 0.804. The van der Waals surface area contributed by atoms with Gasteiger partial charge in [-0.25, -0.2) is 4.39 Å². The van der Waals surface area contributed by atoms with E-state index in [2.05, 4.69) is 5.32 Å². The van der Waals surface area contributed by atoms with Gasteiger partial charge in [-0.1, -0.05) is 18.2 Å². The minimum atomic E-state index is -0.476. The van der Waals surface area contributed by atoms with E-state index in [4.69, 9.17) is 4.74 Å². The van der Waals surface area contributed by atoms with E-state index < -0.39 is 5.60 Å². The molecular weight excluding hydrogens is 193 g/mol. The summed E-state index contributed by atoms with van der Waals surface area (Å²) in [7, 11) is 1.65. The number of ether oxygens (including phenoxy) is 1. The van der Waals surface area contributed by atoms with Crippen LogP contribution in [0.2, 0.25) is 0 Å². The number of hydrogen-bond donors (Lipinski definition) is 1. The third-order valence-corrected chi connectivity index (χ3v) is 3.19. The number of methoxy groups -OCH3 is 1. The molecule has 1 atom stereocenters. The van der Waals surface area contributed by atoms with Crippen molar-refractivity contribution < 1.29 is 9.13 Å². The molecule has 0 aliphatic carbocycles. The lowest BCUT2D eigenvalue weighted by Gasteiger charge is -2.28. The summed E-state index contributed by atoms with van der Waals surface area (Å²) in [4.78, 5) is 0. The van der Waals surface area contributed by atoms with Gasteiger partial charge in [0.15, 0.2) is 0 Å². The van der Waals surface area contributed by atoms with Gasteiger partial charge in [0.05, 0.1) is 0 Å². The fraction of sp³-hybridized carbons (Fsp3) is 0.500. The Morgan fingerprint density at radius 2 is 2.27 bits per heavy atom. The van der Waals surface area contributed by atoms with Gasteiger partial charge < -0.3 is 10.1 Å². The number of benzene rings is 1. The van der Waals surface area contributed by atoms with Crippen molar-refractivity contribution in [3.8, 4) is 0 Å². The number of hydrogen-bond acceptors (Lipinski definition) is 2. The molecule has 0 amide bonds. The van der Waals surface area contributed by atoms with Crippen LogP contribution in [0.5, 0.6) is 0 Å². The van der Waals surface area contributed by atoms with Crippen molar-refractivity contribution in [2.45, 2.75) is 18.9 Å². The average Bonchev–Trinajstić information content (AvgIpc) is 2.72. The summed E-state index contributed by atoms with van der Waals surface area (Å²) in [5, 5.41) is 3.22. The highest BCUT2D eigenvalue weighted by Gasteiger charge is 2.37. The van der Waals surface area contributed by atoms with E-state index in [-0.39, 0.29) is 5.82 Å². The average molecular weight is 209 g/mol. The fourth-order valence-corrected chi connectivity index (χ4v) is 2.18. The minimum absolute atomic E-state index is 0.136. The molecule has 1 aliphatic heterocycles. The second kappa shape index (κ2) is 3.91. The zero-order valence-electron chi connectivity index (χ0n) is 9.14. The SMILES string of the molecule is CO[C@]1(c2cccc(C)c2F)CCNC1. The second-order valence-corrected chi connectivity index (χ2v) is 4.06. The van der Waals surface area contributed by atoms with Gasteiger partial charge in [-0.3, -0.25) is 0 Å². The molecule has 1 N–H and O–H groups in total. The van der Waals surface area contributed by atoms with E-state index in [9.17, 15) is 4.39 Å². The first kappa shape index (κ1) is 10.6. The predicted molar refractivity (Wildman–Crippen MR) is 57.3 cm³/mol. The van der Waals surface area contributed by atoms with Crippen LogP contribution in [0.25, 0.3) is 0 Å². The van der Waals surface area contributed by atoms with E-state index >= 15 is 0 Å². The van der Waals surface area contributed by atoms with Gasteiger partial charge in [0.25, 0.3) is 0 Å². The Balaban J connectivity index is 2.47. The zero-order chi connectivity index (χ0) is 10.9. The van der Waals surface area contributed by atoms with Crippen molar-refractivity contribution in [3.63, 3.8) is 0 Å². The van der Waals surface area contributed by atoms with Crippen LogP contribution in [0.15, 0.2) is 18.2 Å². The standard InChI is InChI=1S/C12H16FNO/c1-9-4-3-5-10(11(9)13)12(15-2)6-7-14-8-12/h3-5,14H,6-8H2,1-2H3/t12-/m1/s1. The predicted octanol–water partition coefficient (Wildman–Crippen LogP) is 1.97. The van der Waals surface area contributed by atoms with Crippen molar-refractivity contribution >= 4 is 0 Å². The van der Waals surface area contributed by atoms with E-state index in [0.717, 1.165) is 13.0 Å². The highest BCUT2D eigenvalue weighted by Crippen LogP contribution is 2.33. The Morgan fingerprint density at radius 3 is 2.87 bits per heavy atom. The molecule has 15 heavy (non-hydrogen) atoms. The number of aryl methyl sites for hydroxylation is 1. The Hall–Kier alpha value is -0.930. The summed E-state index contributed by atoms with van der Waals surface area (Å²) >= 11 is 0. The Labute approximate surface area is 89.4 Å². The molecule has 0 saturated carbocycles. The van der Waals surface area contributed by atoms with E-state index in [1.54, 1.807) is 20.1 Å². The third kappa shape index (κ3) is 1.66. The zero-order valence-corrected chi connectivity index (χ0v) is 9.14. The first-order chi connectivity index (χ1) is 7.19. The molecule has 1 aromatic carbocycles. The van der Waals surface area contributed by atoms with Gasteiger partial charge in [-0.2, -0.15) is 0 Å². The molecule has 1 heterocycles. The lowest BCUT2D eigenvalue weighted by Crippen LogP contribution is -2.32. The molecule has 1 aliphatic rings. The molecule has 0 aromatic heterocycles. The number of nitrogens with one attached hydrogen (secondary N) is 1. The molecule has 2 rings (SSSR count). The Morgan fingerprint density at radius 1 is 1.47 bits per heavy atom. The summed E-state index contributed by atoms with van der Waals surface area (Å²) < 4.78 is 19.5. The second-order valence-electron chi connectivity index (χ2n) is 4.06. The van der Waals surface area contributed by atoms with Crippen molar-refractivity contribution in [1.82, 2.24) is 5.32 Å². The normalized spacial score (nSPS) is 25.8. The van der Waals surface area contributed by atoms with Gasteiger partial charge in [0.1, 0.15) is 11.4 Å². The summed E-state index contributed by atoms with van der Waals surface area (Å²) in [5.74, 6) is -0.136.